The summed E-state index contributed by atoms with van der Waals surface area (Å²) in [7, 11) is -4.14. The fourth-order valence-electron chi connectivity index (χ4n) is 2.25. The molecular weight excluding hydrogens is 337 g/mol. The molecule has 1 aliphatic rings. The molecule has 0 unspecified atom stereocenters. The van der Waals surface area contributed by atoms with Crippen molar-refractivity contribution in [3.63, 3.8) is 0 Å². The Morgan fingerprint density at radius 1 is 1.13 bits per heavy atom. The van der Waals surface area contributed by atoms with Crippen molar-refractivity contribution in [2.75, 3.05) is 26.2 Å². The first kappa shape index (κ1) is 17.5. The van der Waals surface area contributed by atoms with E-state index in [4.69, 9.17) is 0 Å². The number of halogens is 3. The minimum absolute atomic E-state index is 0.0161. The lowest BCUT2D eigenvalue weighted by Gasteiger charge is -2.33. The predicted molar refractivity (Wildman–Crippen MR) is 74.1 cm³/mol. The van der Waals surface area contributed by atoms with Gasteiger partial charge in [-0.05, 0) is 12.1 Å². The van der Waals surface area contributed by atoms with E-state index in [0.717, 1.165) is 16.4 Å². The summed E-state index contributed by atoms with van der Waals surface area (Å²) in [5.41, 5.74) is 0. The summed E-state index contributed by atoms with van der Waals surface area (Å²) in [6.45, 7) is 1.79. The summed E-state index contributed by atoms with van der Waals surface area (Å²) >= 11 is 0. The number of nitrogens with zero attached hydrogens (tertiary/aromatic N) is 2. The second-order valence-corrected chi connectivity index (χ2v) is 6.81. The molecule has 128 valence electrons. The van der Waals surface area contributed by atoms with Crippen LogP contribution in [0.2, 0.25) is 0 Å². The Balaban J connectivity index is 2.26. The molecule has 1 amide bonds. The monoisotopic (exact) mass is 352 g/mol. The van der Waals surface area contributed by atoms with Gasteiger partial charge in [0.25, 0.3) is 0 Å². The van der Waals surface area contributed by atoms with Crippen LogP contribution in [-0.4, -0.2) is 56.1 Å². The maximum absolute atomic E-state index is 12.5. The van der Waals surface area contributed by atoms with Gasteiger partial charge in [0.2, 0.25) is 15.9 Å². The van der Waals surface area contributed by atoms with Crippen LogP contribution >= 0.6 is 0 Å². The fourth-order valence-corrected chi connectivity index (χ4v) is 3.79. The molecule has 1 heterocycles. The molecule has 0 aromatic heterocycles. The maximum atomic E-state index is 12.5. The largest absolute Gasteiger partial charge is 0.573 e. The summed E-state index contributed by atoms with van der Waals surface area (Å²) < 4.78 is 67.2. The molecule has 0 bridgehead atoms. The zero-order chi connectivity index (χ0) is 17.3. The number of carbonyl (C=O) groups is 1. The molecule has 1 aliphatic heterocycles. The van der Waals surface area contributed by atoms with Crippen LogP contribution in [0, 0.1) is 0 Å². The van der Waals surface area contributed by atoms with Gasteiger partial charge >= 0.3 is 6.36 Å². The number of piperazine rings is 1. The third kappa shape index (κ3) is 4.14. The standard InChI is InChI=1S/C13H15F3N2O4S/c1-10(19)17-6-8-18(9-7-17)23(20,21)12-5-3-2-4-11(12)22-13(14,15)16/h2-5H,6-9H2,1H3. The van der Waals surface area contributed by atoms with Crippen molar-refractivity contribution in [1.29, 1.82) is 0 Å². The Labute approximate surface area is 131 Å². The van der Waals surface area contributed by atoms with E-state index >= 15 is 0 Å². The summed E-state index contributed by atoms with van der Waals surface area (Å²) in [6, 6.07) is 4.59. The summed E-state index contributed by atoms with van der Waals surface area (Å²) in [5.74, 6) is -0.947. The number of hydrogen-bond acceptors (Lipinski definition) is 4. The van der Waals surface area contributed by atoms with E-state index in [-0.39, 0.29) is 32.1 Å². The average molecular weight is 352 g/mol. The van der Waals surface area contributed by atoms with Crippen LogP contribution in [0.3, 0.4) is 0 Å². The number of amides is 1. The normalized spacial score (nSPS) is 17.1. The predicted octanol–water partition coefficient (Wildman–Crippen LogP) is 1.44. The molecule has 0 spiro atoms. The van der Waals surface area contributed by atoms with Gasteiger partial charge in [0, 0.05) is 33.1 Å². The Morgan fingerprint density at radius 3 is 2.22 bits per heavy atom. The molecule has 0 atom stereocenters. The first-order valence-corrected chi connectivity index (χ1v) is 8.16. The van der Waals surface area contributed by atoms with Crippen molar-refractivity contribution in [1.82, 2.24) is 9.21 Å². The first-order valence-electron chi connectivity index (χ1n) is 6.72. The molecule has 0 aliphatic carbocycles. The minimum atomic E-state index is -4.99. The van der Waals surface area contributed by atoms with Crippen LogP contribution in [0.15, 0.2) is 29.2 Å². The quantitative estimate of drug-likeness (QED) is 0.826. The summed E-state index contributed by atoms with van der Waals surface area (Å²) in [4.78, 5) is 12.2. The van der Waals surface area contributed by atoms with E-state index < -0.39 is 27.0 Å². The number of ether oxygens (including phenoxy) is 1. The third-order valence-electron chi connectivity index (χ3n) is 3.38. The van der Waals surface area contributed by atoms with Gasteiger partial charge in [0.15, 0.2) is 0 Å². The van der Waals surface area contributed by atoms with Gasteiger partial charge in [-0.15, -0.1) is 13.2 Å². The van der Waals surface area contributed by atoms with Crippen LogP contribution in [0.25, 0.3) is 0 Å². The first-order chi connectivity index (χ1) is 10.6. The lowest BCUT2D eigenvalue weighted by Crippen LogP contribution is -2.50. The van der Waals surface area contributed by atoms with E-state index in [1.165, 1.54) is 24.0 Å². The SMILES string of the molecule is CC(=O)N1CCN(S(=O)(=O)c2ccccc2OC(F)(F)F)CC1. The van der Waals surface area contributed by atoms with Crippen LogP contribution in [0.1, 0.15) is 6.92 Å². The molecule has 1 aromatic rings. The van der Waals surface area contributed by atoms with E-state index in [1.54, 1.807) is 0 Å². The lowest BCUT2D eigenvalue weighted by molar-refractivity contribution is -0.275. The molecule has 0 radical (unpaired) electrons. The smallest absolute Gasteiger partial charge is 0.404 e. The molecule has 6 nitrogen and oxygen atoms in total. The van der Waals surface area contributed by atoms with Crippen LogP contribution in [0.5, 0.6) is 5.75 Å². The van der Waals surface area contributed by atoms with Crippen molar-refractivity contribution in [3.8, 4) is 5.75 Å². The van der Waals surface area contributed by atoms with Crippen molar-refractivity contribution in [2.24, 2.45) is 0 Å². The van der Waals surface area contributed by atoms with Gasteiger partial charge in [-0.3, -0.25) is 4.79 Å². The molecule has 23 heavy (non-hydrogen) atoms. The number of sulfonamides is 1. The van der Waals surface area contributed by atoms with E-state index in [2.05, 4.69) is 4.74 Å². The van der Waals surface area contributed by atoms with Crippen molar-refractivity contribution in [2.45, 2.75) is 18.2 Å². The molecule has 1 fully saturated rings. The molecule has 10 heteroatoms. The highest BCUT2D eigenvalue weighted by atomic mass is 32.2. The van der Waals surface area contributed by atoms with Crippen LogP contribution in [0.4, 0.5) is 13.2 Å². The Hall–Kier alpha value is -1.81. The topological polar surface area (TPSA) is 66.9 Å². The number of alkyl halides is 3. The molecule has 0 N–H and O–H groups in total. The Morgan fingerprint density at radius 2 is 1.70 bits per heavy atom. The molecule has 1 saturated heterocycles. The highest BCUT2D eigenvalue weighted by Crippen LogP contribution is 2.31. The number of benzene rings is 1. The number of para-hydroxylation sites is 1. The highest BCUT2D eigenvalue weighted by Gasteiger charge is 2.36. The number of hydrogen-bond donors (Lipinski definition) is 0. The van der Waals surface area contributed by atoms with Crippen molar-refractivity contribution in [3.05, 3.63) is 24.3 Å². The van der Waals surface area contributed by atoms with Gasteiger partial charge in [-0.2, -0.15) is 4.31 Å². The van der Waals surface area contributed by atoms with E-state index in [1.807, 2.05) is 0 Å². The van der Waals surface area contributed by atoms with Crippen LogP contribution in [-0.2, 0) is 14.8 Å². The lowest BCUT2D eigenvalue weighted by atomic mass is 10.3. The zero-order valence-electron chi connectivity index (χ0n) is 12.2. The minimum Gasteiger partial charge on any atom is -0.404 e. The molecular formula is C13H15F3N2O4S. The van der Waals surface area contributed by atoms with Gasteiger partial charge in [-0.1, -0.05) is 12.1 Å². The molecule has 1 aromatic carbocycles. The molecule has 0 saturated carbocycles. The second kappa shape index (κ2) is 6.36. The Kier molecular flexibility index (Phi) is 4.85. The zero-order valence-corrected chi connectivity index (χ0v) is 13.0. The van der Waals surface area contributed by atoms with Gasteiger partial charge in [0.05, 0.1) is 0 Å². The van der Waals surface area contributed by atoms with E-state index in [0.29, 0.717) is 0 Å². The van der Waals surface area contributed by atoms with Crippen molar-refractivity contribution < 1.29 is 31.1 Å². The van der Waals surface area contributed by atoms with Gasteiger partial charge in [0.1, 0.15) is 10.6 Å². The van der Waals surface area contributed by atoms with Gasteiger partial charge in [-0.25, -0.2) is 8.42 Å². The average Bonchev–Trinajstić information content (AvgIpc) is 2.46. The summed E-state index contributed by atoms with van der Waals surface area (Å²) in [5, 5.41) is 0. The van der Waals surface area contributed by atoms with E-state index in [9.17, 15) is 26.4 Å². The van der Waals surface area contributed by atoms with Crippen molar-refractivity contribution >= 4 is 15.9 Å². The number of carbonyl (C=O) groups excluding carboxylic acids is 1. The fraction of sp³-hybridized carbons (Fsp3) is 0.462. The second-order valence-electron chi connectivity index (χ2n) is 4.90. The highest BCUT2D eigenvalue weighted by molar-refractivity contribution is 7.89. The maximum Gasteiger partial charge on any atom is 0.573 e. The Bertz CT molecular complexity index is 683. The third-order valence-corrected chi connectivity index (χ3v) is 5.31. The van der Waals surface area contributed by atoms with Gasteiger partial charge < -0.3 is 9.64 Å². The summed E-state index contributed by atoms with van der Waals surface area (Å²) in [6.07, 6.45) is -4.99. The van der Waals surface area contributed by atoms with Crippen LogP contribution < -0.4 is 4.74 Å². The number of rotatable bonds is 3. The molecule has 2 rings (SSSR count).